The molecule has 0 radical (unpaired) electrons. The van der Waals surface area contributed by atoms with E-state index in [0.29, 0.717) is 39.6 Å². The Balaban J connectivity index is 1.83. The van der Waals surface area contributed by atoms with Gasteiger partial charge in [0, 0.05) is 23.5 Å². The minimum atomic E-state index is -0.938. The van der Waals surface area contributed by atoms with Gasteiger partial charge >= 0.3 is 0 Å². The molecule has 2 aromatic carbocycles. The first-order valence-electron chi connectivity index (χ1n) is 7.63. The zero-order valence-electron chi connectivity index (χ0n) is 14.0. The monoisotopic (exact) mass is 376 g/mol. The number of hydrogen-bond acceptors (Lipinski definition) is 5. The summed E-state index contributed by atoms with van der Waals surface area (Å²) in [6.07, 6.45) is 0. The molecule has 2 N–H and O–H groups in total. The summed E-state index contributed by atoms with van der Waals surface area (Å²) in [5.74, 6) is 0.172. The van der Waals surface area contributed by atoms with Gasteiger partial charge in [-0.15, -0.1) is 0 Å². The van der Waals surface area contributed by atoms with Crippen LogP contribution in [-0.4, -0.2) is 17.1 Å². The summed E-state index contributed by atoms with van der Waals surface area (Å²) in [5, 5.41) is 6.50. The maximum absolute atomic E-state index is 13.3. The second kappa shape index (κ2) is 7.53. The summed E-state index contributed by atoms with van der Waals surface area (Å²) in [6, 6.07) is 10.4. The van der Waals surface area contributed by atoms with Gasteiger partial charge in [-0.05, 0) is 37.3 Å². The van der Waals surface area contributed by atoms with Gasteiger partial charge in [-0.1, -0.05) is 11.6 Å². The van der Waals surface area contributed by atoms with Gasteiger partial charge < -0.3 is 15.4 Å². The molecule has 0 amide bonds. The molecule has 26 heavy (non-hydrogen) atoms. The average molecular weight is 377 g/mol. The Hall–Kier alpha value is -2.93. The molecule has 134 valence electrons. The molecule has 0 aliphatic carbocycles. The van der Waals surface area contributed by atoms with Gasteiger partial charge in [-0.3, -0.25) is 0 Å². The van der Waals surface area contributed by atoms with Gasteiger partial charge in [0.15, 0.2) is 11.6 Å². The van der Waals surface area contributed by atoms with Crippen LogP contribution in [0.5, 0.6) is 5.75 Å². The number of ether oxygens (including phenoxy) is 1. The number of hydrogen-bond donors (Lipinski definition) is 2. The van der Waals surface area contributed by atoms with Crippen molar-refractivity contribution >= 4 is 34.6 Å². The minimum absolute atomic E-state index is 0.375. The van der Waals surface area contributed by atoms with Crippen molar-refractivity contribution in [1.82, 2.24) is 9.97 Å². The lowest BCUT2D eigenvalue weighted by molar-refractivity contribution is 0.415. The predicted octanol–water partition coefficient (Wildman–Crippen LogP) is 5.21. The Morgan fingerprint density at radius 1 is 0.885 bits per heavy atom. The zero-order chi connectivity index (χ0) is 18.7. The summed E-state index contributed by atoms with van der Waals surface area (Å²) in [5.41, 5.74) is 1.09. The Labute approximate surface area is 154 Å². The van der Waals surface area contributed by atoms with Crippen molar-refractivity contribution in [2.24, 2.45) is 0 Å². The molecule has 0 unspecified atom stereocenters. The quantitative estimate of drug-likeness (QED) is 0.640. The number of nitrogens with zero attached hydrogens (tertiary/aromatic N) is 2. The van der Waals surface area contributed by atoms with Crippen LogP contribution >= 0.6 is 11.6 Å². The number of benzene rings is 2. The van der Waals surface area contributed by atoms with E-state index in [1.165, 1.54) is 6.07 Å². The molecule has 0 saturated heterocycles. The molecule has 0 atom stereocenters. The lowest BCUT2D eigenvalue weighted by Gasteiger charge is -2.11. The van der Waals surface area contributed by atoms with E-state index in [9.17, 15) is 8.78 Å². The molecule has 3 rings (SSSR count). The molecule has 1 heterocycles. The van der Waals surface area contributed by atoms with E-state index < -0.39 is 11.6 Å². The van der Waals surface area contributed by atoms with Crippen LogP contribution in [-0.2, 0) is 0 Å². The lowest BCUT2D eigenvalue weighted by atomic mass is 10.3. The van der Waals surface area contributed by atoms with E-state index in [2.05, 4.69) is 20.6 Å². The third-order valence-electron chi connectivity index (χ3n) is 3.45. The van der Waals surface area contributed by atoms with Crippen LogP contribution in [0.2, 0.25) is 5.02 Å². The molecular weight excluding hydrogens is 362 g/mol. The summed E-state index contributed by atoms with van der Waals surface area (Å²) in [6.45, 7) is 1.72. The van der Waals surface area contributed by atoms with Crippen molar-refractivity contribution in [2.45, 2.75) is 6.92 Å². The Morgan fingerprint density at radius 2 is 1.50 bits per heavy atom. The number of halogens is 3. The van der Waals surface area contributed by atoms with Crippen molar-refractivity contribution in [3.63, 3.8) is 0 Å². The zero-order valence-corrected chi connectivity index (χ0v) is 14.7. The predicted molar refractivity (Wildman–Crippen MR) is 97.7 cm³/mol. The molecule has 8 heteroatoms. The summed E-state index contributed by atoms with van der Waals surface area (Å²) >= 11 is 6.12. The number of aryl methyl sites for hydroxylation is 1. The third kappa shape index (κ3) is 4.18. The standard InChI is InChI=1S/C18H15ClF2N4O/c1-10-22-17(24-11-4-6-16(26-2)13(19)7-11)9-18(23-10)25-12-3-5-14(20)15(21)8-12/h3-9H,1-2H3,(H2,22,23,24,25). The molecule has 0 aliphatic heterocycles. The molecule has 0 fully saturated rings. The number of nitrogens with one attached hydrogen (secondary N) is 2. The van der Waals surface area contributed by atoms with E-state index in [1.54, 1.807) is 38.3 Å². The van der Waals surface area contributed by atoms with Crippen LogP contribution in [0.1, 0.15) is 5.82 Å². The highest BCUT2D eigenvalue weighted by Gasteiger charge is 2.07. The van der Waals surface area contributed by atoms with Crippen LogP contribution in [0.4, 0.5) is 31.8 Å². The van der Waals surface area contributed by atoms with Gasteiger partial charge in [0.25, 0.3) is 0 Å². The molecule has 1 aromatic heterocycles. The first kappa shape index (κ1) is 17.9. The van der Waals surface area contributed by atoms with Gasteiger partial charge in [0.1, 0.15) is 23.2 Å². The van der Waals surface area contributed by atoms with E-state index in [4.69, 9.17) is 16.3 Å². The number of anilines is 4. The first-order valence-corrected chi connectivity index (χ1v) is 8.01. The normalized spacial score (nSPS) is 10.5. The van der Waals surface area contributed by atoms with E-state index in [0.717, 1.165) is 12.1 Å². The second-order valence-corrected chi connectivity index (χ2v) is 5.82. The molecule has 5 nitrogen and oxygen atoms in total. The van der Waals surface area contributed by atoms with Crippen LogP contribution in [0.3, 0.4) is 0 Å². The Morgan fingerprint density at radius 3 is 2.08 bits per heavy atom. The van der Waals surface area contributed by atoms with Gasteiger partial charge in [0.2, 0.25) is 0 Å². The highest BCUT2D eigenvalue weighted by molar-refractivity contribution is 6.32. The molecule has 3 aromatic rings. The minimum Gasteiger partial charge on any atom is -0.495 e. The van der Waals surface area contributed by atoms with Crippen LogP contribution in [0.25, 0.3) is 0 Å². The molecule has 0 spiro atoms. The molecule has 0 saturated carbocycles. The van der Waals surface area contributed by atoms with Crippen LogP contribution in [0.15, 0.2) is 42.5 Å². The first-order chi connectivity index (χ1) is 12.4. The fourth-order valence-electron chi connectivity index (χ4n) is 2.31. The van der Waals surface area contributed by atoms with Crippen LogP contribution < -0.4 is 15.4 Å². The van der Waals surface area contributed by atoms with Crippen molar-refractivity contribution in [3.05, 3.63) is 64.9 Å². The smallest absolute Gasteiger partial charge is 0.160 e. The van der Waals surface area contributed by atoms with Crippen molar-refractivity contribution in [1.29, 1.82) is 0 Å². The van der Waals surface area contributed by atoms with E-state index in [1.807, 2.05) is 0 Å². The van der Waals surface area contributed by atoms with Gasteiger partial charge in [-0.25, -0.2) is 18.7 Å². The second-order valence-electron chi connectivity index (χ2n) is 5.41. The van der Waals surface area contributed by atoms with E-state index >= 15 is 0 Å². The van der Waals surface area contributed by atoms with Crippen molar-refractivity contribution < 1.29 is 13.5 Å². The average Bonchev–Trinajstić information content (AvgIpc) is 2.58. The highest BCUT2D eigenvalue weighted by Crippen LogP contribution is 2.29. The Kier molecular flexibility index (Phi) is 5.18. The third-order valence-corrected chi connectivity index (χ3v) is 3.75. The van der Waals surface area contributed by atoms with Crippen LogP contribution in [0, 0.1) is 18.6 Å². The summed E-state index contributed by atoms with van der Waals surface area (Å²) in [4.78, 5) is 8.55. The van der Waals surface area contributed by atoms with Crippen molar-refractivity contribution in [2.75, 3.05) is 17.7 Å². The summed E-state index contributed by atoms with van der Waals surface area (Å²) < 4.78 is 31.5. The number of rotatable bonds is 5. The fourth-order valence-corrected chi connectivity index (χ4v) is 2.57. The maximum Gasteiger partial charge on any atom is 0.160 e. The topological polar surface area (TPSA) is 59.1 Å². The summed E-state index contributed by atoms with van der Waals surface area (Å²) in [7, 11) is 1.54. The number of methoxy groups -OCH3 is 1. The molecule has 0 aliphatic rings. The number of aromatic nitrogens is 2. The highest BCUT2D eigenvalue weighted by atomic mass is 35.5. The largest absolute Gasteiger partial charge is 0.495 e. The lowest BCUT2D eigenvalue weighted by Crippen LogP contribution is -2.02. The Bertz CT molecular complexity index is 952. The SMILES string of the molecule is COc1ccc(Nc2cc(Nc3ccc(F)c(F)c3)nc(C)n2)cc1Cl. The van der Waals surface area contributed by atoms with Gasteiger partial charge in [-0.2, -0.15) is 0 Å². The van der Waals surface area contributed by atoms with Crippen molar-refractivity contribution in [3.8, 4) is 5.75 Å². The fraction of sp³-hybridized carbons (Fsp3) is 0.111. The van der Waals surface area contributed by atoms with Gasteiger partial charge in [0.05, 0.1) is 12.1 Å². The molecule has 0 bridgehead atoms. The maximum atomic E-state index is 13.3. The molecular formula is C18H15ClF2N4O. The van der Waals surface area contributed by atoms with E-state index in [-0.39, 0.29) is 0 Å².